The first-order chi connectivity index (χ1) is 7.76. The van der Waals surface area contributed by atoms with E-state index in [9.17, 15) is 0 Å². The summed E-state index contributed by atoms with van der Waals surface area (Å²) in [5, 5.41) is 7.62. The zero-order valence-corrected chi connectivity index (χ0v) is 11.2. The van der Waals surface area contributed by atoms with Crippen LogP contribution in [-0.4, -0.2) is 14.2 Å². The van der Waals surface area contributed by atoms with E-state index < -0.39 is 0 Å². The SMILES string of the molecule is CNC(c1csc(C)c1)c1sccc1OC. The van der Waals surface area contributed by atoms with Crippen LogP contribution in [0.5, 0.6) is 5.75 Å². The van der Waals surface area contributed by atoms with Gasteiger partial charge in [-0.25, -0.2) is 0 Å². The van der Waals surface area contributed by atoms with Crippen LogP contribution in [0.3, 0.4) is 0 Å². The summed E-state index contributed by atoms with van der Waals surface area (Å²) in [5.74, 6) is 0.966. The van der Waals surface area contributed by atoms with Crippen LogP contribution in [0.1, 0.15) is 21.4 Å². The molecule has 4 heteroatoms. The number of hydrogen-bond donors (Lipinski definition) is 1. The largest absolute Gasteiger partial charge is 0.496 e. The van der Waals surface area contributed by atoms with Crippen molar-refractivity contribution in [1.82, 2.24) is 5.32 Å². The second-order valence-electron chi connectivity index (χ2n) is 3.57. The van der Waals surface area contributed by atoms with Crippen molar-refractivity contribution in [3.05, 3.63) is 38.2 Å². The Labute approximate surface area is 104 Å². The lowest BCUT2D eigenvalue weighted by Gasteiger charge is -2.14. The van der Waals surface area contributed by atoms with Gasteiger partial charge in [-0.3, -0.25) is 0 Å². The van der Waals surface area contributed by atoms with E-state index in [1.165, 1.54) is 15.3 Å². The number of nitrogens with one attached hydrogen (secondary N) is 1. The van der Waals surface area contributed by atoms with Gasteiger partial charge in [-0.05, 0) is 42.4 Å². The highest BCUT2D eigenvalue weighted by Gasteiger charge is 2.18. The molecule has 1 atom stereocenters. The molecule has 1 N–H and O–H groups in total. The highest BCUT2D eigenvalue weighted by Crippen LogP contribution is 2.35. The molecule has 0 aliphatic heterocycles. The van der Waals surface area contributed by atoms with E-state index in [1.54, 1.807) is 29.8 Å². The molecule has 0 spiro atoms. The van der Waals surface area contributed by atoms with Gasteiger partial charge in [0, 0.05) is 4.88 Å². The number of aryl methyl sites for hydroxylation is 1. The molecule has 2 aromatic heterocycles. The zero-order valence-electron chi connectivity index (χ0n) is 9.61. The maximum absolute atomic E-state index is 5.37. The quantitative estimate of drug-likeness (QED) is 0.901. The Balaban J connectivity index is 2.36. The molecule has 0 fully saturated rings. The number of thiophene rings is 2. The predicted octanol–water partition coefficient (Wildman–Crippen LogP) is 3.44. The molecule has 0 amide bonds. The van der Waals surface area contributed by atoms with Crippen molar-refractivity contribution < 1.29 is 4.74 Å². The smallest absolute Gasteiger partial charge is 0.134 e. The minimum absolute atomic E-state index is 0.236. The second kappa shape index (κ2) is 4.99. The summed E-state index contributed by atoms with van der Waals surface area (Å²) in [4.78, 5) is 2.58. The van der Waals surface area contributed by atoms with Gasteiger partial charge >= 0.3 is 0 Å². The topological polar surface area (TPSA) is 21.3 Å². The highest BCUT2D eigenvalue weighted by molar-refractivity contribution is 7.10. The van der Waals surface area contributed by atoms with Crippen molar-refractivity contribution in [3.63, 3.8) is 0 Å². The third-order valence-corrected chi connectivity index (χ3v) is 4.35. The molecule has 0 saturated carbocycles. The van der Waals surface area contributed by atoms with Crippen LogP contribution in [0.25, 0.3) is 0 Å². The molecular formula is C12H15NOS2. The van der Waals surface area contributed by atoms with Crippen LogP contribution in [0.2, 0.25) is 0 Å². The van der Waals surface area contributed by atoms with Crippen molar-refractivity contribution in [1.29, 1.82) is 0 Å². The number of ether oxygens (including phenoxy) is 1. The fraction of sp³-hybridized carbons (Fsp3) is 0.333. The first-order valence-electron chi connectivity index (χ1n) is 5.10. The van der Waals surface area contributed by atoms with Gasteiger partial charge < -0.3 is 10.1 Å². The summed E-state index contributed by atoms with van der Waals surface area (Å²) in [6, 6.07) is 4.48. The summed E-state index contributed by atoms with van der Waals surface area (Å²) < 4.78 is 5.37. The van der Waals surface area contributed by atoms with Gasteiger partial charge in [0.25, 0.3) is 0 Å². The van der Waals surface area contributed by atoms with Gasteiger partial charge in [0.05, 0.1) is 18.0 Å². The normalized spacial score (nSPS) is 12.7. The molecule has 2 aromatic rings. The van der Waals surface area contributed by atoms with Crippen LogP contribution in [0.15, 0.2) is 22.9 Å². The molecule has 0 aromatic carbocycles. The highest BCUT2D eigenvalue weighted by atomic mass is 32.1. The lowest BCUT2D eigenvalue weighted by molar-refractivity contribution is 0.409. The number of rotatable bonds is 4. The van der Waals surface area contributed by atoms with Gasteiger partial charge in [-0.1, -0.05) is 0 Å². The van der Waals surface area contributed by atoms with E-state index in [4.69, 9.17) is 4.74 Å². The van der Waals surface area contributed by atoms with E-state index in [0.29, 0.717) is 0 Å². The van der Waals surface area contributed by atoms with E-state index in [1.807, 2.05) is 13.1 Å². The molecule has 0 bridgehead atoms. The van der Waals surface area contributed by atoms with Crippen molar-refractivity contribution in [2.45, 2.75) is 13.0 Å². The number of methoxy groups -OCH3 is 1. The molecular weight excluding hydrogens is 238 g/mol. The Hall–Kier alpha value is -0.840. The summed E-state index contributed by atoms with van der Waals surface area (Å²) in [7, 11) is 3.70. The Kier molecular flexibility index (Phi) is 3.63. The maximum Gasteiger partial charge on any atom is 0.134 e. The van der Waals surface area contributed by atoms with Crippen LogP contribution >= 0.6 is 22.7 Å². The first kappa shape index (κ1) is 11.6. The number of hydrogen-bond acceptors (Lipinski definition) is 4. The van der Waals surface area contributed by atoms with Crippen LogP contribution in [-0.2, 0) is 0 Å². The van der Waals surface area contributed by atoms with Crippen molar-refractivity contribution in [2.24, 2.45) is 0 Å². The molecule has 2 heterocycles. The predicted molar refractivity (Wildman–Crippen MR) is 70.8 cm³/mol. The fourth-order valence-corrected chi connectivity index (χ4v) is 3.48. The lowest BCUT2D eigenvalue weighted by Crippen LogP contribution is -2.16. The second-order valence-corrected chi connectivity index (χ2v) is 5.63. The maximum atomic E-state index is 5.37. The van der Waals surface area contributed by atoms with E-state index in [-0.39, 0.29) is 6.04 Å². The van der Waals surface area contributed by atoms with Crippen molar-refractivity contribution in [2.75, 3.05) is 14.2 Å². The average molecular weight is 253 g/mol. The molecule has 16 heavy (non-hydrogen) atoms. The summed E-state index contributed by atoms with van der Waals surface area (Å²) >= 11 is 3.51. The Morgan fingerprint density at radius 2 is 2.19 bits per heavy atom. The first-order valence-corrected chi connectivity index (χ1v) is 6.86. The Morgan fingerprint density at radius 3 is 2.75 bits per heavy atom. The molecule has 1 unspecified atom stereocenters. The van der Waals surface area contributed by atoms with E-state index >= 15 is 0 Å². The van der Waals surface area contributed by atoms with Gasteiger partial charge in [0.2, 0.25) is 0 Å². The molecule has 0 aliphatic rings. The van der Waals surface area contributed by atoms with Crippen molar-refractivity contribution >= 4 is 22.7 Å². The van der Waals surface area contributed by atoms with Gasteiger partial charge in [-0.15, -0.1) is 22.7 Å². The zero-order chi connectivity index (χ0) is 11.5. The Morgan fingerprint density at radius 1 is 1.38 bits per heavy atom. The van der Waals surface area contributed by atoms with E-state index in [2.05, 4.69) is 29.1 Å². The molecule has 2 rings (SSSR count). The minimum atomic E-state index is 0.236. The standard InChI is InChI=1S/C12H15NOS2/c1-8-6-9(7-16-8)11(13-2)12-10(14-3)4-5-15-12/h4-7,11,13H,1-3H3. The Bertz CT molecular complexity index is 461. The van der Waals surface area contributed by atoms with Crippen LogP contribution < -0.4 is 10.1 Å². The molecule has 86 valence electrons. The third kappa shape index (κ3) is 2.14. The third-order valence-electron chi connectivity index (χ3n) is 2.51. The van der Waals surface area contributed by atoms with Crippen LogP contribution in [0, 0.1) is 6.92 Å². The van der Waals surface area contributed by atoms with Crippen molar-refractivity contribution in [3.8, 4) is 5.75 Å². The average Bonchev–Trinajstić information content (AvgIpc) is 2.89. The van der Waals surface area contributed by atoms with E-state index in [0.717, 1.165) is 5.75 Å². The lowest BCUT2D eigenvalue weighted by atomic mass is 10.1. The molecule has 0 aliphatic carbocycles. The molecule has 0 radical (unpaired) electrons. The monoisotopic (exact) mass is 253 g/mol. The summed E-state index contributed by atoms with van der Waals surface area (Å²) in [6.45, 7) is 2.13. The molecule has 0 saturated heterocycles. The van der Waals surface area contributed by atoms with Crippen LogP contribution in [0.4, 0.5) is 0 Å². The van der Waals surface area contributed by atoms with Gasteiger partial charge in [0.15, 0.2) is 0 Å². The summed E-state index contributed by atoms with van der Waals surface area (Å²) in [6.07, 6.45) is 0. The van der Waals surface area contributed by atoms with Gasteiger partial charge in [-0.2, -0.15) is 0 Å². The minimum Gasteiger partial charge on any atom is -0.496 e. The fourth-order valence-electron chi connectivity index (χ4n) is 1.75. The molecule has 2 nitrogen and oxygen atoms in total. The van der Waals surface area contributed by atoms with Gasteiger partial charge in [0.1, 0.15) is 5.75 Å². The summed E-state index contributed by atoms with van der Waals surface area (Å²) in [5.41, 5.74) is 1.31.